The summed E-state index contributed by atoms with van der Waals surface area (Å²) in [4.78, 5) is 48.5. The number of hydrogen-bond donors (Lipinski definition) is 5. The molecular formula is C19H25BN4O8. The quantitative estimate of drug-likeness (QED) is 0.282. The Labute approximate surface area is 184 Å². The van der Waals surface area contributed by atoms with Gasteiger partial charge in [-0.25, -0.2) is 4.79 Å². The molecule has 32 heavy (non-hydrogen) atoms. The number of carbonyl (C=O) groups is 4. The van der Waals surface area contributed by atoms with Gasteiger partial charge in [-0.05, 0) is 31.3 Å². The summed E-state index contributed by atoms with van der Waals surface area (Å²) in [6, 6.07) is 1.25. The second kappa shape index (κ2) is 9.45. The first-order valence-electron chi connectivity index (χ1n) is 10.1. The van der Waals surface area contributed by atoms with Gasteiger partial charge in [-0.3, -0.25) is 14.4 Å². The predicted octanol–water partition coefficient (Wildman–Crippen LogP) is -1.90. The second-order valence-corrected chi connectivity index (χ2v) is 7.83. The second-order valence-electron chi connectivity index (χ2n) is 7.83. The summed E-state index contributed by atoms with van der Waals surface area (Å²) >= 11 is 0. The van der Waals surface area contributed by atoms with Crippen molar-refractivity contribution in [3.8, 4) is 11.5 Å². The van der Waals surface area contributed by atoms with E-state index in [9.17, 15) is 29.3 Å². The number of aromatic carboxylic acids is 1. The van der Waals surface area contributed by atoms with E-state index in [4.69, 9.17) is 20.9 Å². The van der Waals surface area contributed by atoms with E-state index in [-0.39, 0.29) is 42.5 Å². The number of amides is 3. The lowest BCUT2D eigenvalue weighted by Crippen LogP contribution is -2.60. The fourth-order valence-corrected chi connectivity index (χ4v) is 3.52. The molecule has 172 valence electrons. The zero-order valence-corrected chi connectivity index (χ0v) is 17.4. The highest BCUT2D eigenvalue weighted by Gasteiger charge is 2.37. The monoisotopic (exact) mass is 448 g/mol. The predicted molar refractivity (Wildman–Crippen MR) is 111 cm³/mol. The van der Waals surface area contributed by atoms with Crippen LogP contribution in [-0.2, 0) is 20.8 Å². The molecule has 0 spiro atoms. The fraction of sp³-hybridized carbons (Fsp3) is 0.474. The van der Waals surface area contributed by atoms with Crippen LogP contribution in [0.4, 0.5) is 0 Å². The highest BCUT2D eigenvalue weighted by atomic mass is 16.5. The third-order valence-electron chi connectivity index (χ3n) is 5.30. The number of benzene rings is 1. The molecule has 3 rings (SSSR count). The normalized spacial score (nSPS) is 17.3. The number of nitrogens with one attached hydrogen (secondary N) is 1. The molecule has 2 unspecified atom stereocenters. The highest BCUT2D eigenvalue weighted by Crippen LogP contribution is 2.37. The Morgan fingerprint density at radius 3 is 2.66 bits per heavy atom. The smallest absolute Gasteiger partial charge is 0.522 e. The van der Waals surface area contributed by atoms with Crippen molar-refractivity contribution >= 4 is 30.8 Å². The van der Waals surface area contributed by atoms with Gasteiger partial charge in [-0.1, -0.05) is 6.07 Å². The number of aryl methyl sites for hydroxylation is 1. The number of likely N-dealkylation sites (tertiary alicyclic amines) is 1. The van der Waals surface area contributed by atoms with Gasteiger partial charge in [0.2, 0.25) is 17.7 Å². The number of hydrogen-bond acceptors (Lipinski definition) is 8. The molecule has 1 aromatic carbocycles. The minimum atomic E-state index is -1.25. The summed E-state index contributed by atoms with van der Waals surface area (Å²) < 4.78 is 11.1. The summed E-state index contributed by atoms with van der Waals surface area (Å²) in [5.74, 6) is -2.82. The first-order chi connectivity index (χ1) is 15.1. The van der Waals surface area contributed by atoms with Crippen LogP contribution in [0, 0.1) is 0 Å². The summed E-state index contributed by atoms with van der Waals surface area (Å²) in [7, 11) is -1.08. The lowest BCUT2D eigenvalue weighted by molar-refractivity contribution is -0.143. The van der Waals surface area contributed by atoms with Crippen LogP contribution in [0.25, 0.3) is 0 Å². The highest BCUT2D eigenvalue weighted by molar-refractivity contribution is 6.44. The number of fused-ring (bicyclic) bond motifs is 1. The van der Waals surface area contributed by atoms with Crippen molar-refractivity contribution in [2.45, 2.75) is 44.3 Å². The van der Waals surface area contributed by atoms with Crippen LogP contribution < -0.4 is 26.2 Å². The maximum atomic E-state index is 12.5. The third-order valence-corrected chi connectivity index (χ3v) is 5.30. The number of carbonyl (C=O) groups excluding carboxylic acids is 3. The molecule has 1 aromatic rings. The van der Waals surface area contributed by atoms with Gasteiger partial charge in [0.25, 0.3) is 0 Å². The Kier molecular flexibility index (Phi) is 6.89. The van der Waals surface area contributed by atoms with E-state index in [0.717, 1.165) is 0 Å². The van der Waals surface area contributed by atoms with Crippen molar-refractivity contribution in [3.05, 3.63) is 23.3 Å². The van der Waals surface area contributed by atoms with Crippen molar-refractivity contribution in [2.75, 3.05) is 13.1 Å². The number of ether oxygens (including phenoxy) is 1. The van der Waals surface area contributed by atoms with Crippen LogP contribution in [0.3, 0.4) is 0 Å². The van der Waals surface area contributed by atoms with Crippen molar-refractivity contribution in [2.24, 2.45) is 11.5 Å². The molecule has 0 aromatic heterocycles. The van der Waals surface area contributed by atoms with Crippen LogP contribution in [0.2, 0.25) is 6.32 Å². The van der Waals surface area contributed by atoms with Gasteiger partial charge in [0.15, 0.2) is 0 Å². The number of nitrogens with zero attached hydrogens (tertiary/aromatic N) is 1. The lowest BCUT2D eigenvalue weighted by Gasteiger charge is -2.40. The molecule has 0 saturated carbocycles. The molecule has 7 N–H and O–H groups in total. The summed E-state index contributed by atoms with van der Waals surface area (Å²) in [5, 5.41) is 21.8. The molecule has 2 aliphatic rings. The maximum Gasteiger partial charge on any atom is 0.522 e. The molecule has 0 radical (unpaired) electrons. The summed E-state index contributed by atoms with van der Waals surface area (Å²) in [6.45, 7) is 1.89. The van der Waals surface area contributed by atoms with Gasteiger partial charge >= 0.3 is 13.1 Å². The molecule has 0 bridgehead atoms. The van der Waals surface area contributed by atoms with E-state index in [1.165, 1.54) is 11.8 Å². The SMILES string of the molecule is CC(NC(=O)CC(N)C(N)=O)C(=O)N1CC(Oc2ccc3c(c2C(=O)O)OB(O)CC3)C1. The Morgan fingerprint density at radius 2 is 2.03 bits per heavy atom. The van der Waals surface area contributed by atoms with E-state index in [1.807, 2.05) is 0 Å². The topological polar surface area (TPSA) is 195 Å². The zero-order valence-electron chi connectivity index (χ0n) is 17.4. The van der Waals surface area contributed by atoms with Crippen molar-refractivity contribution in [1.29, 1.82) is 0 Å². The first-order valence-corrected chi connectivity index (χ1v) is 10.1. The van der Waals surface area contributed by atoms with Gasteiger partial charge in [0, 0.05) is 0 Å². The van der Waals surface area contributed by atoms with Crippen LogP contribution in [0.5, 0.6) is 11.5 Å². The van der Waals surface area contributed by atoms with Crippen LogP contribution in [-0.4, -0.2) is 77.1 Å². The number of nitrogens with two attached hydrogens (primary N) is 2. The van der Waals surface area contributed by atoms with Crippen molar-refractivity contribution < 1.29 is 38.7 Å². The minimum Gasteiger partial charge on any atom is -0.535 e. The number of primary amides is 1. The van der Waals surface area contributed by atoms with Crippen LogP contribution in [0.15, 0.2) is 12.1 Å². The molecule has 2 atom stereocenters. The van der Waals surface area contributed by atoms with Gasteiger partial charge < -0.3 is 41.2 Å². The molecule has 3 amide bonds. The molecule has 0 aliphatic carbocycles. The summed E-state index contributed by atoms with van der Waals surface area (Å²) in [5.41, 5.74) is 10.9. The van der Waals surface area contributed by atoms with Crippen molar-refractivity contribution in [3.63, 3.8) is 0 Å². The van der Waals surface area contributed by atoms with Crippen molar-refractivity contribution in [1.82, 2.24) is 10.2 Å². The number of carboxylic acid groups (broad SMARTS) is 1. The largest absolute Gasteiger partial charge is 0.535 e. The fourth-order valence-electron chi connectivity index (χ4n) is 3.52. The van der Waals surface area contributed by atoms with Gasteiger partial charge in [-0.2, -0.15) is 0 Å². The van der Waals surface area contributed by atoms with Crippen LogP contribution >= 0.6 is 0 Å². The van der Waals surface area contributed by atoms with E-state index in [2.05, 4.69) is 5.32 Å². The number of rotatable bonds is 8. The van der Waals surface area contributed by atoms with Crippen LogP contribution in [0.1, 0.15) is 29.3 Å². The molecular weight excluding hydrogens is 423 g/mol. The Hall–Kier alpha value is -3.32. The average molecular weight is 448 g/mol. The third kappa shape index (κ3) is 5.11. The Balaban J connectivity index is 1.56. The lowest BCUT2D eigenvalue weighted by atomic mass is 9.78. The first kappa shape index (κ1) is 23.4. The van der Waals surface area contributed by atoms with Gasteiger partial charge in [-0.15, -0.1) is 0 Å². The molecule has 2 aliphatic heterocycles. The standard InChI is InChI=1S/C19H25BN4O8/c1-9(23-14(25)6-12(21)17(22)26)18(27)24-7-11(8-24)31-13-3-2-10-4-5-20(30)32-16(10)15(13)19(28)29/h2-3,9,11-12,30H,4-8,21H2,1H3,(H2,22,26)(H,23,25)(H,28,29). The van der Waals surface area contributed by atoms with E-state index in [0.29, 0.717) is 18.3 Å². The molecule has 12 nitrogen and oxygen atoms in total. The van der Waals surface area contributed by atoms with E-state index < -0.39 is 43.1 Å². The number of carboxylic acids is 1. The Morgan fingerprint density at radius 1 is 1.34 bits per heavy atom. The molecule has 1 fully saturated rings. The summed E-state index contributed by atoms with van der Waals surface area (Å²) in [6.07, 6.45) is 0.0762. The Bertz CT molecular complexity index is 936. The molecule has 2 heterocycles. The molecule has 1 saturated heterocycles. The van der Waals surface area contributed by atoms with E-state index in [1.54, 1.807) is 12.1 Å². The van der Waals surface area contributed by atoms with Gasteiger partial charge in [0.1, 0.15) is 29.2 Å². The van der Waals surface area contributed by atoms with Gasteiger partial charge in [0.05, 0.1) is 25.6 Å². The molecule has 13 heteroatoms. The minimum absolute atomic E-state index is 0.0873. The maximum absolute atomic E-state index is 12.5. The average Bonchev–Trinajstić information content (AvgIpc) is 2.68. The van der Waals surface area contributed by atoms with E-state index >= 15 is 0 Å². The zero-order chi connectivity index (χ0) is 23.6.